The summed E-state index contributed by atoms with van der Waals surface area (Å²) < 4.78 is 0. The van der Waals surface area contributed by atoms with Gasteiger partial charge >= 0.3 is 0 Å². The van der Waals surface area contributed by atoms with E-state index in [9.17, 15) is 14.7 Å². The topological polar surface area (TPSA) is 128 Å². The largest absolute Gasteiger partial charge is 0.508 e. The molecule has 3 atom stereocenters. The van der Waals surface area contributed by atoms with E-state index in [4.69, 9.17) is 11.1 Å². The SMILES string of the molecule is CCC(C)[C@@H](C)C(=O)N[C@H](C(=O)NCc1ccc(C(=N)N)cc1)c1ccc(O)cc1. The van der Waals surface area contributed by atoms with Crippen molar-refractivity contribution >= 4 is 17.6 Å². The molecule has 2 amide bonds. The first-order valence-corrected chi connectivity index (χ1v) is 10.0. The molecule has 0 fully saturated rings. The van der Waals surface area contributed by atoms with E-state index in [1.165, 1.54) is 12.1 Å². The van der Waals surface area contributed by atoms with Crippen LogP contribution >= 0.6 is 0 Å². The molecule has 0 radical (unpaired) electrons. The van der Waals surface area contributed by atoms with Crippen LogP contribution in [-0.4, -0.2) is 22.8 Å². The minimum Gasteiger partial charge on any atom is -0.508 e. The Hall–Kier alpha value is -3.35. The fourth-order valence-electron chi connectivity index (χ4n) is 2.95. The van der Waals surface area contributed by atoms with Crippen molar-refractivity contribution in [2.75, 3.05) is 0 Å². The van der Waals surface area contributed by atoms with Gasteiger partial charge in [-0.15, -0.1) is 0 Å². The number of benzene rings is 2. The van der Waals surface area contributed by atoms with E-state index >= 15 is 0 Å². The number of nitrogen functional groups attached to an aromatic ring is 1. The lowest BCUT2D eigenvalue weighted by Crippen LogP contribution is -2.43. The summed E-state index contributed by atoms with van der Waals surface area (Å²) in [5.74, 6) is -0.516. The number of aromatic hydroxyl groups is 1. The van der Waals surface area contributed by atoms with Crippen molar-refractivity contribution in [1.82, 2.24) is 10.6 Å². The number of phenolic OH excluding ortho intramolecular Hbond substituents is 1. The van der Waals surface area contributed by atoms with Gasteiger partial charge in [-0.2, -0.15) is 0 Å². The van der Waals surface area contributed by atoms with Crippen molar-refractivity contribution in [2.24, 2.45) is 17.6 Å². The highest BCUT2D eigenvalue weighted by Gasteiger charge is 2.27. The van der Waals surface area contributed by atoms with Crippen LogP contribution in [0.5, 0.6) is 5.75 Å². The van der Waals surface area contributed by atoms with E-state index in [2.05, 4.69) is 10.6 Å². The molecule has 30 heavy (non-hydrogen) atoms. The molecule has 2 rings (SSSR count). The van der Waals surface area contributed by atoms with Gasteiger partial charge in [-0.25, -0.2) is 0 Å². The third-order valence-electron chi connectivity index (χ3n) is 5.42. The lowest BCUT2D eigenvalue weighted by molar-refractivity contribution is -0.132. The molecule has 7 nitrogen and oxygen atoms in total. The number of hydrogen-bond donors (Lipinski definition) is 5. The van der Waals surface area contributed by atoms with Gasteiger partial charge in [0.25, 0.3) is 0 Å². The van der Waals surface area contributed by atoms with Crippen LogP contribution in [0.2, 0.25) is 0 Å². The molecule has 0 aromatic heterocycles. The maximum atomic E-state index is 12.9. The molecule has 6 N–H and O–H groups in total. The second kappa shape index (κ2) is 10.4. The second-order valence-corrected chi connectivity index (χ2v) is 7.54. The minimum atomic E-state index is -0.874. The van der Waals surface area contributed by atoms with Gasteiger partial charge in [0.05, 0.1) is 0 Å². The Morgan fingerprint density at radius 3 is 2.17 bits per heavy atom. The average molecular weight is 411 g/mol. The van der Waals surface area contributed by atoms with Crippen LogP contribution in [0.4, 0.5) is 0 Å². The van der Waals surface area contributed by atoms with E-state index in [0.29, 0.717) is 11.1 Å². The molecule has 2 aromatic carbocycles. The zero-order valence-corrected chi connectivity index (χ0v) is 17.6. The Labute approximate surface area is 177 Å². The zero-order chi connectivity index (χ0) is 22.3. The summed E-state index contributed by atoms with van der Waals surface area (Å²) in [6.07, 6.45) is 0.862. The summed E-state index contributed by atoms with van der Waals surface area (Å²) in [7, 11) is 0. The van der Waals surface area contributed by atoms with Crippen molar-refractivity contribution in [1.29, 1.82) is 5.41 Å². The van der Waals surface area contributed by atoms with Crippen LogP contribution in [0.3, 0.4) is 0 Å². The van der Waals surface area contributed by atoms with Crippen LogP contribution in [0.1, 0.15) is 49.9 Å². The summed E-state index contributed by atoms with van der Waals surface area (Å²) in [4.78, 5) is 25.6. The van der Waals surface area contributed by atoms with Crippen molar-refractivity contribution in [3.63, 3.8) is 0 Å². The number of carbonyl (C=O) groups excluding carboxylic acids is 2. The molecule has 0 aliphatic carbocycles. The normalized spacial score (nSPS) is 13.7. The van der Waals surface area contributed by atoms with Crippen LogP contribution in [0.15, 0.2) is 48.5 Å². The van der Waals surface area contributed by atoms with E-state index in [-0.39, 0.29) is 41.8 Å². The number of phenols is 1. The van der Waals surface area contributed by atoms with Crippen LogP contribution in [-0.2, 0) is 16.1 Å². The molecule has 7 heteroatoms. The first kappa shape index (κ1) is 22.9. The van der Waals surface area contributed by atoms with Crippen LogP contribution in [0.25, 0.3) is 0 Å². The second-order valence-electron chi connectivity index (χ2n) is 7.54. The first-order valence-electron chi connectivity index (χ1n) is 10.0. The Morgan fingerprint density at radius 2 is 1.63 bits per heavy atom. The number of hydrogen-bond acceptors (Lipinski definition) is 4. The molecule has 1 unspecified atom stereocenters. The molecule has 0 spiro atoms. The lowest BCUT2D eigenvalue weighted by Gasteiger charge is -2.23. The van der Waals surface area contributed by atoms with Gasteiger partial charge < -0.3 is 21.5 Å². The Morgan fingerprint density at radius 1 is 1.03 bits per heavy atom. The monoisotopic (exact) mass is 410 g/mol. The highest BCUT2D eigenvalue weighted by atomic mass is 16.3. The molecule has 2 aromatic rings. The van der Waals surface area contributed by atoms with Crippen LogP contribution < -0.4 is 16.4 Å². The maximum absolute atomic E-state index is 12.9. The Kier molecular flexibility index (Phi) is 7.98. The van der Waals surface area contributed by atoms with Gasteiger partial charge in [-0.05, 0) is 29.2 Å². The number of amides is 2. The first-order chi connectivity index (χ1) is 14.2. The number of nitrogens with one attached hydrogen (secondary N) is 3. The molecular formula is C23H30N4O3. The summed E-state index contributed by atoms with van der Waals surface area (Å²) in [5.41, 5.74) is 7.50. The zero-order valence-electron chi connectivity index (χ0n) is 17.6. The number of nitrogens with two attached hydrogens (primary N) is 1. The van der Waals surface area contributed by atoms with Crippen LogP contribution in [0, 0.1) is 17.2 Å². The van der Waals surface area contributed by atoms with E-state index in [0.717, 1.165) is 12.0 Å². The van der Waals surface area contributed by atoms with Gasteiger partial charge in [-0.1, -0.05) is 63.6 Å². The predicted molar refractivity (Wildman–Crippen MR) is 117 cm³/mol. The van der Waals surface area contributed by atoms with E-state index in [1.807, 2.05) is 20.8 Å². The molecular weight excluding hydrogens is 380 g/mol. The quantitative estimate of drug-likeness (QED) is 0.322. The molecule has 0 aliphatic heterocycles. The molecule has 0 saturated carbocycles. The highest BCUT2D eigenvalue weighted by Crippen LogP contribution is 2.20. The van der Waals surface area contributed by atoms with Crippen molar-refractivity contribution in [3.05, 3.63) is 65.2 Å². The minimum absolute atomic E-state index is 0.0175. The molecule has 160 valence electrons. The van der Waals surface area contributed by atoms with E-state index < -0.39 is 6.04 Å². The van der Waals surface area contributed by atoms with Gasteiger partial charge in [0.1, 0.15) is 17.6 Å². The maximum Gasteiger partial charge on any atom is 0.247 e. The summed E-state index contributed by atoms with van der Waals surface area (Å²) >= 11 is 0. The van der Waals surface area contributed by atoms with Crippen molar-refractivity contribution in [3.8, 4) is 5.75 Å². The molecule has 0 aliphatic rings. The number of amidine groups is 1. The van der Waals surface area contributed by atoms with Crippen molar-refractivity contribution < 1.29 is 14.7 Å². The summed E-state index contributed by atoms with van der Waals surface area (Å²) in [6, 6.07) is 12.4. The lowest BCUT2D eigenvalue weighted by atomic mass is 9.92. The smallest absolute Gasteiger partial charge is 0.247 e. The molecule has 0 saturated heterocycles. The van der Waals surface area contributed by atoms with E-state index in [1.54, 1.807) is 36.4 Å². The van der Waals surface area contributed by atoms with Gasteiger partial charge in [0.15, 0.2) is 0 Å². The summed E-state index contributed by atoms with van der Waals surface area (Å²) in [5, 5.41) is 22.7. The standard InChI is InChI=1S/C23H30N4O3/c1-4-14(2)15(3)22(29)27-20(17-9-11-19(28)12-10-17)23(30)26-13-16-5-7-18(8-6-16)21(24)25/h5-12,14-15,20,28H,4,13H2,1-3H3,(H3,24,25)(H,26,30)(H,27,29)/t14?,15-,20+/m1/s1. The predicted octanol–water partition coefficient (Wildman–Crippen LogP) is 2.83. The van der Waals surface area contributed by atoms with Crippen molar-refractivity contribution in [2.45, 2.75) is 39.8 Å². The summed E-state index contributed by atoms with van der Waals surface area (Å²) in [6.45, 7) is 6.15. The molecule has 0 bridgehead atoms. The third kappa shape index (κ3) is 6.07. The Bertz CT molecular complexity index is 878. The van der Waals surface area contributed by atoms with Gasteiger partial charge in [0, 0.05) is 18.0 Å². The fourth-order valence-corrected chi connectivity index (χ4v) is 2.95. The number of carbonyl (C=O) groups is 2. The number of rotatable bonds is 9. The van der Waals surface area contributed by atoms with Gasteiger partial charge in [-0.3, -0.25) is 15.0 Å². The van der Waals surface area contributed by atoms with Gasteiger partial charge in [0.2, 0.25) is 11.8 Å². The fraction of sp³-hybridized carbons (Fsp3) is 0.348. The third-order valence-corrected chi connectivity index (χ3v) is 5.42. The Balaban J connectivity index is 2.14. The molecule has 0 heterocycles. The average Bonchev–Trinajstić information content (AvgIpc) is 2.75. The highest BCUT2D eigenvalue weighted by molar-refractivity contribution is 5.95.